The van der Waals surface area contributed by atoms with Gasteiger partial charge in [0.1, 0.15) is 4.32 Å². The summed E-state index contributed by atoms with van der Waals surface area (Å²) >= 11 is 6.64. The summed E-state index contributed by atoms with van der Waals surface area (Å²) in [6, 6.07) is 9.44. The third-order valence-corrected chi connectivity index (χ3v) is 6.54. The van der Waals surface area contributed by atoms with E-state index in [2.05, 4.69) is 5.32 Å². The van der Waals surface area contributed by atoms with Crippen molar-refractivity contribution in [3.8, 4) is 11.5 Å². The zero-order valence-corrected chi connectivity index (χ0v) is 22.0. The van der Waals surface area contributed by atoms with Crippen LogP contribution in [0.1, 0.15) is 43.0 Å². The standard InChI is InChI=1S/C26H30N2O4S2/c1-7-31-21-12-19(13-22-25(30)28(15(2)3)26(33)34-22)8-9-20(21)32-14-23(29)27-24-17(5)10-16(4)11-18(24)6/h8-13,15H,7,14H2,1-6H3,(H,27,29)/b22-13-. The van der Waals surface area contributed by atoms with Gasteiger partial charge in [0.25, 0.3) is 11.8 Å². The second-order valence-corrected chi connectivity index (χ2v) is 10.1. The molecule has 1 aliphatic heterocycles. The molecule has 1 aliphatic rings. The lowest BCUT2D eigenvalue weighted by atomic mass is 10.1. The molecule has 0 saturated carbocycles. The molecule has 2 aromatic rings. The number of thioether (sulfide) groups is 1. The highest BCUT2D eigenvalue weighted by Gasteiger charge is 2.33. The summed E-state index contributed by atoms with van der Waals surface area (Å²) in [5, 5.41) is 2.94. The number of benzene rings is 2. The molecule has 8 heteroatoms. The van der Waals surface area contributed by atoms with Gasteiger partial charge in [-0.15, -0.1) is 0 Å². The Morgan fingerprint density at radius 3 is 2.38 bits per heavy atom. The van der Waals surface area contributed by atoms with Crippen LogP contribution in [-0.2, 0) is 9.59 Å². The number of nitrogens with one attached hydrogen (secondary N) is 1. The maximum Gasteiger partial charge on any atom is 0.266 e. The van der Waals surface area contributed by atoms with Gasteiger partial charge in [-0.1, -0.05) is 47.7 Å². The number of thiocarbonyl (C=S) groups is 1. The van der Waals surface area contributed by atoms with E-state index in [9.17, 15) is 9.59 Å². The first-order valence-electron chi connectivity index (χ1n) is 11.1. The van der Waals surface area contributed by atoms with Crippen LogP contribution in [0.15, 0.2) is 35.2 Å². The predicted molar refractivity (Wildman–Crippen MR) is 143 cm³/mol. The Bertz CT molecular complexity index is 1130. The van der Waals surface area contributed by atoms with E-state index in [1.165, 1.54) is 11.8 Å². The zero-order chi connectivity index (χ0) is 25.0. The summed E-state index contributed by atoms with van der Waals surface area (Å²) in [5.74, 6) is 0.618. The number of anilines is 1. The van der Waals surface area contributed by atoms with E-state index in [1.807, 2.05) is 59.7 Å². The Hall–Kier alpha value is -2.84. The van der Waals surface area contributed by atoms with Crippen molar-refractivity contribution in [2.45, 2.75) is 47.6 Å². The minimum Gasteiger partial charge on any atom is -0.490 e. The Morgan fingerprint density at radius 1 is 1.12 bits per heavy atom. The first-order chi connectivity index (χ1) is 16.1. The fraction of sp³-hybridized carbons (Fsp3) is 0.346. The normalized spacial score (nSPS) is 14.8. The van der Waals surface area contributed by atoms with Crippen LogP contribution < -0.4 is 14.8 Å². The summed E-state index contributed by atoms with van der Waals surface area (Å²) < 4.78 is 12.1. The highest BCUT2D eigenvalue weighted by molar-refractivity contribution is 8.26. The van der Waals surface area contributed by atoms with Crippen LogP contribution in [0.2, 0.25) is 0 Å². The number of hydrogen-bond acceptors (Lipinski definition) is 6. The first-order valence-corrected chi connectivity index (χ1v) is 12.4. The van der Waals surface area contributed by atoms with Crippen molar-refractivity contribution in [1.82, 2.24) is 4.90 Å². The number of ether oxygens (including phenoxy) is 2. The number of nitrogens with zero attached hydrogens (tertiary/aromatic N) is 1. The topological polar surface area (TPSA) is 67.9 Å². The van der Waals surface area contributed by atoms with Crippen molar-refractivity contribution in [1.29, 1.82) is 0 Å². The number of carbonyl (C=O) groups is 2. The van der Waals surface area contributed by atoms with E-state index < -0.39 is 0 Å². The number of hydrogen-bond donors (Lipinski definition) is 1. The molecule has 1 N–H and O–H groups in total. The van der Waals surface area contributed by atoms with Gasteiger partial charge in [0.05, 0.1) is 11.5 Å². The van der Waals surface area contributed by atoms with Gasteiger partial charge < -0.3 is 14.8 Å². The van der Waals surface area contributed by atoms with Crippen LogP contribution in [-0.4, -0.2) is 40.3 Å². The molecule has 6 nitrogen and oxygen atoms in total. The first kappa shape index (κ1) is 25.8. The summed E-state index contributed by atoms with van der Waals surface area (Å²) in [6.45, 7) is 12.0. The fourth-order valence-electron chi connectivity index (χ4n) is 3.77. The van der Waals surface area contributed by atoms with Crippen LogP contribution in [0.5, 0.6) is 11.5 Å². The molecule has 1 heterocycles. The van der Waals surface area contributed by atoms with Crippen molar-refractivity contribution in [2.24, 2.45) is 0 Å². The van der Waals surface area contributed by atoms with Crippen molar-refractivity contribution >= 4 is 51.9 Å². The van der Waals surface area contributed by atoms with Crippen molar-refractivity contribution in [2.75, 3.05) is 18.5 Å². The Balaban J connectivity index is 1.73. The number of amides is 2. The summed E-state index contributed by atoms with van der Waals surface area (Å²) in [5.41, 5.74) is 4.76. The molecule has 0 bridgehead atoms. The molecule has 0 unspecified atom stereocenters. The molecule has 34 heavy (non-hydrogen) atoms. The maximum absolute atomic E-state index is 12.7. The number of aryl methyl sites for hydroxylation is 3. The molecule has 3 rings (SSSR count). The zero-order valence-electron chi connectivity index (χ0n) is 20.4. The van der Waals surface area contributed by atoms with Gasteiger partial charge in [0, 0.05) is 11.7 Å². The fourth-order valence-corrected chi connectivity index (χ4v) is 5.30. The lowest BCUT2D eigenvalue weighted by Gasteiger charge is -2.18. The van der Waals surface area contributed by atoms with Gasteiger partial charge in [-0.25, -0.2) is 0 Å². The largest absolute Gasteiger partial charge is 0.490 e. The molecule has 0 aromatic heterocycles. The van der Waals surface area contributed by atoms with E-state index in [1.54, 1.807) is 23.1 Å². The van der Waals surface area contributed by atoms with E-state index in [4.69, 9.17) is 21.7 Å². The third kappa shape index (κ3) is 5.98. The molecule has 2 aromatic carbocycles. The van der Waals surface area contributed by atoms with Crippen LogP contribution in [0.3, 0.4) is 0 Å². The van der Waals surface area contributed by atoms with E-state index in [-0.39, 0.29) is 24.5 Å². The van der Waals surface area contributed by atoms with E-state index >= 15 is 0 Å². The predicted octanol–water partition coefficient (Wildman–Crippen LogP) is 5.64. The van der Waals surface area contributed by atoms with Gasteiger partial charge in [-0.3, -0.25) is 14.5 Å². The summed E-state index contributed by atoms with van der Waals surface area (Å²) in [6.07, 6.45) is 1.80. The third-order valence-electron chi connectivity index (χ3n) is 5.21. The minimum atomic E-state index is -0.251. The molecule has 1 fully saturated rings. The van der Waals surface area contributed by atoms with Crippen molar-refractivity contribution < 1.29 is 19.1 Å². The van der Waals surface area contributed by atoms with E-state index in [0.29, 0.717) is 27.3 Å². The van der Waals surface area contributed by atoms with Gasteiger partial charge >= 0.3 is 0 Å². The molecule has 1 saturated heterocycles. The van der Waals surface area contributed by atoms with Crippen molar-refractivity contribution in [3.05, 3.63) is 57.5 Å². The second-order valence-electron chi connectivity index (χ2n) is 8.40. The van der Waals surface area contributed by atoms with Crippen molar-refractivity contribution in [3.63, 3.8) is 0 Å². The quantitative estimate of drug-likeness (QED) is 0.375. The lowest BCUT2D eigenvalue weighted by molar-refractivity contribution is -0.123. The Labute approximate surface area is 210 Å². The summed E-state index contributed by atoms with van der Waals surface area (Å²) in [7, 11) is 0. The summed E-state index contributed by atoms with van der Waals surface area (Å²) in [4.78, 5) is 27.4. The molecule has 0 spiro atoms. The molecule has 2 amide bonds. The Morgan fingerprint density at radius 2 is 1.79 bits per heavy atom. The van der Waals surface area contributed by atoms with Gasteiger partial charge in [-0.05, 0) is 76.4 Å². The molecular weight excluding hydrogens is 468 g/mol. The molecule has 0 aliphatic carbocycles. The highest BCUT2D eigenvalue weighted by atomic mass is 32.2. The van der Waals surface area contributed by atoms with Crippen LogP contribution in [0.25, 0.3) is 6.08 Å². The van der Waals surface area contributed by atoms with Gasteiger partial charge in [0.2, 0.25) is 0 Å². The molecule has 0 radical (unpaired) electrons. The number of rotatable bonds is 8. The van der Waals surface area contributed by atoms with Crippen LogP contribution in [0, 0.1) is 20.8 Å². The van der Waals surface area contributed by atoms with Gasteiger partial charge in [0.15, 0.2) is 18.1 Å². The molecule has 0 atom stereocenters. The van der Waals surface area contributed by atoms with Crippen LogP contribution in [0.4, 0.5) is 5.69 Å². The maximum atomic E-state index is 12.7. The lowest BCUT2D eigenvalue weighted by Crippen LogP contribution is -2.34. The second kappa shape index (κ2) is 11.1. The minimum absolute atomic E-state index is 0.00629. The average molecular weight is 499 g/mol. The smallest absolute Gasteiger partial charge is 0.266 e. The Kier molecular flexibility index (Phi) is 8.38. The average Bonchev–Trinajstić information content (AvgIpc) is 3.03. The molecular formula is C26H30N2O4S2. The highest BCUT2D eigenvalue weighted by Crippen LogP contribution is 2.35. The van der Waals surface area contributed by atoms with E-state index in [0.717, 1.165) is 27.9 Å². The van der Waals surface area contributed by atoms with Gasteiger partial charge in [-0.2, -0.15) is 0 Å². The SMILES string of the molecule is CCOc1cc(/C=C2\SC(=S)N(C(C)C)C2=O)ccc1OCC(=O)Nc1c(C)cc(C)cc1C. The molecule has 180 valence electrons. The monoisotopic (exact) mass is 498 g/mol. The van der Waals surface area contributed by atoms with Crippen LogP contribution >= 0.6 is 24.0 Å². The number of carbonyl (C=O) groups excluding carboxylic acids is 2.